The highest BCUT2D eigenvalue weighted by Gasteiger charge is 2.21. The van der Waals surface area contributed by atoms with Gasteiger partial charge in [-0.3, -0.25) is 9.59 Å². The molecule has 0 amide bonds. The van der Waals surface area contributed by atoms with E-state index in [1.54, 1.807) is 0 Å². The zero-order valence-electron chi connectivity index (χ0n) is 20.1. The molecule has 0 rings (SSSR count). The topological polar surface area (TPSA) is 63.6 Å². The smallest absolute Gasteiger partial charge is 0.310 e. The summed E-state index contributed by atoms with van der Waals surface area (Å²) in [6, 6.07) is 0. The molecule has 0 aliphatic rings. The molecule has 4 nitrogen and oxygen atoms in total. The first-order valence-corrected chi connectivity index (χ1v) is 12.8. The quantitative estimate of drug-likeness (QED) is 0.100. The predicted octanol–water partition coefficient (Wildman–Crippen LogP) is 8.01. The average Bonchev–Trinajstić information content (AvgIpc) is 2.75. The fourth-order valence-electron chi connectivity index (χ4n) is 3.74. The third-order valence-electron chi connectivity index (χ3n) is 5.66. The van der Waals surface area contributed by atoms with Gasteiger partial charge in [-0.25, -0.2) is 0 Å². The molecule has 0 radical (unpaired) electrons. The van der Waals surface area contributed by atoms with Crippen molar-refractivity contribution in [3.05, 3.63) is 24.8 Å². The lowest BCUT2D eigenvalue weighted by Crippen LogP contribution is -2.20. The van der Waals surface area contributed by atoms with Gasteiger partial charge >= 0.3 is 11.9 Å². The first-order chi connectivity index (χ1) is 15.1. The molecule has 0 heterocycles. The number of aliphatic carboxylic acids is 1. The van der Waals surface area contributed by atoms with Crippen LogP contribution in [0.4, 0.5) is 0 Å². The third-order valence-corrected chi connectivity index (χ3v) is 5.66. The van der Waals surface area contributed by atoms with Gasteiger partial charge in [0, 0.05) is 0 Å². The first-order valence-electron chi connectivity index (χ1n) is 12.8. The van der Waals surface area contributed by atoms with Crippen molar-refractivity contribution in [2.75, 3.05) is 6.61 Å². The minimum Gasteiger partial charge on any atom is -0.481 e. The minimum absolute atomic E-state index is 0.123. The number of carbonyl (C=O) groups excluding carboxylic acids is 1. The fourth-order valence-corrected chi connectivity index (χ4v) is 3.74. The number of esters is 1. The summed E-state index contributed by atoms with van der Waals surface area (Å²) in [5, 5.41) is 8.96. The second kappa shape index (κ2) is 23.1. The Morgan fingerprint density at radius 2 is 1.29 bits per heavy atom. The van der Waals surface area contributed by atoms with E-state index in [1.165, 1.54) is 96.0 Å². The Kier molecular flexibility index (Phi) is 21.9. The summed E-state index contributed by atoms with van der Waals surface area (Å²) >= 11 is 0. The maximum atomic E-state index is 11.9. The molecule has 0 aromatic rings. The molecule has 0 aliphatic heterocycles. The second-order valence-corrected chi connectivity index (χ2v) is 8.66. The van der Waals surface area contributed by atoms with Crippen molar-refractivity contribution >= 4 is 11.9 Å². The summed E-state index contributed by atoms with van der Waals surface area (Å²) in [5.41, 5.74) is 0. The number of carboxylic acid groups (broad SMARTS) is 1. The highest BCUT2D eigenvalue weighted by atomic mass is 16.5. The largest absolute Gasteiger partial charge is 0.481 e. The molecule has 0 spiro atoms. The Hall–Kier alpha value is -1.58. The maximum Gasteiger partial charge on any atom is 0.310 e. The number of carboxylic acids is 1. The van der Waals surface area contributed by atoms with Crippen LogP contribution in [0.1, 0.15) is 122 Å². The van der Waals surface area contributed by atoms with Crippen LogP contribution in [0.15, 0.2) is 24.8 Å². The monoisotopic (exact) mass is 436 g/mol. The number of ether oxygens (including phenoxy) is 1. The van der Waals surface area contributed by atoms with E-state index in [0.717, 1.165) is 12.8 Å². The van der Waals surface area contributed by atoms with Crippen LogP contribution >= 0.6 is 0 Å². The molecule has 1 unspecified atom stereocenters. The van der Waals surface area contributed by atoms with Crippen LogP contribution in [0.25, 0.3) is 0 Å². The molecule has 0 aromatic heterocycles. The molecule has 0 fully saturated rings. The van der Waals surface area contributed by atoms with Gasteiger partial charge in [-0.1, -0.05) is 122 Å². The summed E-state index contributed by atoms with van der Waals surface area (Å²) in [5.74, 6) is -2.05. The Labute approximate surface area is 191 Å². The van der Waals surface area contributed by atoms with Gasteiger partial charge in [0.2, 0.25) is 0 Å². The molecule has 0 bridgehead atoms. The van der Waals surface area contributed by atoms with Crippen molar-refractivity contribution in [2.45, 2.75) is 122 Å². The SMILES string of the molecule is C=CCOC(=O)C(C/C=C/CCCCCCCCCCCCCCCCC)CC(=O)O. The number of unbranched alkanes of at least 4 members (excludes halogenated alkanes) is 15. The zero-order chi connectivity index (χ0) is 23.0. The van der Waals surface area contributed by atoms with Crippen LogP contribution in [0.3, 0.4) is 0 Å². The van der Waals surface area contributed by atoms with E-state index in [1.807, 2.05) is 6.08 Å². The zero-order valence-corrected chi connectivity index (χ0v) is 20.1. The van der Waals surface area contributed by atoms with E-state index < -0.39 is 17.9 Å². The van der Waals surface area contributed by atoms with E-state index in [9.17, 15) is 9.59 Å². The Balaban J connectivity index is 3.54. The standard InChI is InChI=1S/C27H48O4/c1-3-5-6-7-8-9-10-11-12-13-14-15-16-17-18-19-20-21-22-25(24-26(28)29)27(30)31-23-4-2/h4,20-21,25H,2-3,5-19,22-24H2,1H3,(H,28,29)/b21-20+. The lowest BCUT2D eigenvalue weighted by atomic mass is 10.0. The predicted molar refractivity (Wildman–Crippen MR) is 130 cm³/mol. The summed E-state index contributed by atoms with van der Waals surface area (Å²) in [7, 11) is 0. The summed E-state index contributed by atoms with van der Waals surface area (Å²) in [6.45, 7) is 5.89. The van der Waals surface area contributed by atoms with E-state index in [0.29, 0.717) is 6.42 Å². The number of carbonyl (C=O) groups is 2. The van der Waals surface area contributed by atoms with Gasteiger partial charge in [0.1, 0.15) is 6.61 Å². The van der Waals surface area contributed by atoms with Crippen molar-refractivity contribution in [1.82, 2.24) is 0 Å². The van der Waals surface area contributed by atoms with Crippen LogP contribution in [-0.2, 0) is 14.3 Å². The van der Waals surface area contributed by atoms with Gasteiger partial charge in [-0.2, -0.15) is 0 Å². The molecule has 0 aliphatic carbocycles. The van der Waals surface area contributed by atoms with Crippen LogP contribution in [-0.4, -0.2) is 23.7 Å². The lowest BCUT2D eigenvalue weighted by Gasteiger charge is -2.11. The van der Waals surface area contributed by atoms with Crippen LogP contribution in [0.2, 0.25) is 0 Å². The Morgan fingerprint density at radius 1 is 0.806 bits per heavy atom. The highest BCUT2D eigenvalue weighted by molar-refractivity contribution is 5.79. The van der Waals surface area contributed by atoms with Gasteiger partial charge in [0.15, 0.2) is 0 Å². The van der Waals surface area contributed by atoms with E-state index in [2.05, 4.69) is 19.6 Å². The van der Waals surface area contributed by atoms with Crippen molar-refractivity contribution in [2.24, 2.45) is 5.92 Å². The van der Waals surface area contributed by atoms with E-state index >= 15 is 0 Å². The number of allylic oxidation sites excluding steroid dienone is 2. The summed E-state index contributed by atoms with van der Waals surface area (Å²) < 4.78 is 4.99. The van der Waals surface area contributed by atoms with Crippen molar-refractivity contribution in [3.8, 4) is 0 Å². The van der Waals surface area contributed by atoms with Crippen LogP contribution in [0.5, 0.6) is 0 Å². The molecule has 1 N–H and O–H groups in total. The molecular weight excluding hydrogens is 388 g/mol. The average molecular weight is 437 g/mol. The van der Waals surface area contributed by atoms with Crippen molar-refractivity contribution in [1.29, 1.82) is 0 Å². The Morgan fingerprint density at radius 3 is 1.74 bits per heavy atom. The molecule has 1 atom stereocenters. The van der Waals surface area contributed by atoms with Crippen molar-refractivity contribution < 1.29 is 19.4 Å². The molecule has 0 saturated carbocycles. The van der Waals surface area contributed by atoms with Crippen LogP contribution < -0.4 is 0 Å². The first kappa shape index (κ1) is 29.4. The highest BCUT2D eigenvalue weighted by Crippen LogP contribution is 2.15. The van der Waals surface area contributed by atoms with Crippen LogP contribution in [0, 0.1) is 5.92 Å². The Bertz CT molecular complexity index is 470. The van der Waals surface area contributed by atoms with Gasteiger partial charge in [0.05, 0.1) is 12.3 Å². The summed E-state index contributed by atoms with van der Waals surface area (Å²) in [6.07, 6.45) is 27.1. The van der Waals surface area contributed by atoms with Gasteiger partial charge < -0.3 is 9.84 Å². The summed E-state index contributed by atoms with van der Waals surface area (Å²) in [4.78, 5) is 22.8. The number of rotatable bonds is 23. The lowest BCUT2D eigenvalue weighted by molar-refractivity contribution is -0.152. The number of hydrogen-bond acceptors (Lipinski definition) is 3. The second-order valence-electron chi connectivity index (χ2n) is 8.66. The molecule has 180 valence electrons. The van der Waals surface area contributed by atoms with Gasteiger partial charge in [-0.15, -0.1) is 0 Å². The third kappa shape index (κ3) is 21.4. The molecule has 0 aromatic carbocycles. The molecule has 31 heavy (non-hydrogen) atoms. The van der Waals surface area contributed by atoms with Gasteiger partial charge in [-0.05, 0) is 19.3 Å². The molecule has 0 saturated heterocycles. The maximum absolute atomic E-state index is 11.9. The van der Waals surface area contributed by atoms with E-state index in [4.69, 9.17) is 9.84 Å². The van der Waals surface area contributed by atoms with Crippen molar-refractivity contribution in [3.63, 3.8) is 0 Å². The minimum atomic E-state index is -0.976. The van der Waals surface area contributed by atoms with Gasteiger partial charge in [0.25, 0.3) is 0 Å². The molecule has 4 heteroatoms. The number of hydrogen-bond donors (Lipinski definition) is 1. The van der Waals surface area contributed by atoms with E-state index in [-0.39, 0.29) is 13.0 Å². The molecular formula is C27H48O4. The normalized spacial score (nSPS) is 12.2. The fraction of sp³-hybridized carbons (Fsp3) is 0.778.